The van der Waals surface area contributed by atoms with Gasteiger partial charge in [0.2, 0.25) is 0 Å². The summed E-state index contributed by atoms with van der Waals surface area (Å²) in [5.41, 5.74) is 1.43. The Labute approximate surface area is 117 Å². The molecule has 0 bridgehead atoms. The molecule has 0 fully saturated rings. The highest BCUT2D eigenvalue weighted by Gasteiger charge is 2.18. The van der Waals surface area contributed by atoms with Crippen LogP contribution in [0.25, 0.3) is 0 Å². The molecule has 0 aliphatic rings. The van der Waals surface area contributed by atoms with Crippen LogP contribution in [0.2, 0.25) is 0 Å². The van der Waals surface area contributed by atoms with Crippen molar-refractivity contribution < 1.29 is 18.7 Å². The number of hydrogen-bond acceptors (Lipinski definition) is 3. The van der Waals surface area contributed by atoms with Gasteiger partial charge in [-0.3, -0.25) is 4.79 Å². The van der Waals surface area contributed by atoms with Gasteiger partial charge in [0.25, 0.3) is 0 Å². The third-order valence-electron chi connectivity index (χ3n) is 3.03. The smallest absolute Gasteiger partial charge is 0.196 e. The Balaban J connectivity index is 2.46. The predicted octanol–water partition coefficient (Wildman–Crippen LogP) is 3.38. The molecule has 0 aliphatic carbocycles. The SMILES string of the molecule is COc1cc(F)c(C(=O)c2ccc(C)cc2)cc1OC. The summed E-state index contributed by atoms with van der Waals surface area (Å²) in [6.07, 6.45) is 0. The molecular weight excluding hydrogens is 259 g/mol. The summed E-state index contributed by atoms with van der Waals surface area (Å²) in [6, 6.07) is 9.48. The summed E-state index contributed by atoms with van der Waals surface area (Å²) in [7, 11) is 2.86. The number of aryl methyl sites for hydroxylation is 1. The molecule has 0 amide bonds. The van der Waals surface area contributed by atoms with E-state index in [2.05, 4.69) is 0 Å². The van der Waals surface area contributed by atoms with Gasteiger partial charge in [0, 0.05) is 11.6 Å². The predicted molar refractivity (Wildman–Crippen MR) is 74.1 cm³/mol. The Morgan fingerprint density at radius 2 is 1.55 bits per heavy atom. The molecule has 0 saturated heterocycles. The van der Waals surface area contributed by atoms with Gasteiger partial charge in [-0.2, -0.15) is 0 Å². The maximum Gasteiger partial charge on any atom is 0.196 e. The van der Waals surface area contributed by atoms with Crippen molar-refractivity contribution in [3.05, 3.63) is 58.9 Å². The molecule has 0 aliphatic heterocycles. The molecule has 20 heavy (non-hydrogen) atoms. The quantitative estimate of drug-likeness (QED) is 0.802. The Kier molecular flexibility index (Phi) is 4.03. The largest absolute Gasteiger partial charge is 0.493 e. The summed E-state index contributed by atoms with van der Waals surface area (Å²) in [5.74, 6) is -0.438. The first-order valence-corrected chi connectivity index (χ1v) is 6.09. The highest BCUT2D eigenvalue weighted by molar-refractivity contribution is 6.09. The van der Waals surface area contributed by atoms with Crippen molar-refractivity contribution in [2.45, 2.75) is 6.92 Å². The maximum atomic E-state index is 14.0. The Morgan fingerprint density at radius 3 is 2.10 bits per heavy atom. The van der Waals surface area contributed by atoms with Crippen LogP contribution in [0.5, 0.6) is 11.5 Å². The van der Waals surface area contributed by atoms with E-state index < -0.39 is 5.82 Å². The van der Waals surface area contributed by atoms with Crippen LogP contribution in [0, 0.1) is 12.7 Å². The number of carbonyl (C=O) groups excluding carboxylic acids is 1. The fraction of sp³-hybridized carbons (Fsp3) is 0.188. The van der Waals surface area contributed by atoms with Crippen molar-refractivity contribution in [3.63, 3.8) is 0 Å². The molecule has 3 nitrogen and oxygen atoms in total. The number of rotatable bonds is 4. The fourth-order valence-corrected chi connectivity index (χ4v) is 1.89. The van der Waals surface area contributed by atoms with E-state index in [1.807, 2.05) is 19.1 Å². The lowest BCUT2D eigenvalue weighted by atomic mass is 10.0. The molecule has 0 unspecified atom stereocenters. The Morgan fingerprint density at radius 1 is 1.00 bits per heavy atom. The average molecular weight is 274 g/mol. The first kappa shape index (κ1) is 14.1. The molecule has 0 saturated carbocycles. The van der Waals surface area contributed by atoms with Gasteiger partial charge in [-0.05, 0) is 13.0 Å². The molecule has 0 heterocycles. The Bertz CT molecular complexity index is 633. The minimum absolute atomic E-state index is 0.0356. The number of halogens is 1. The second-order valence-electron chi connectivity index (χ2n) is 4.38. The van der Waals surface area contributed by atoms with E-state index in [-0.39, 0.29) is 17.1 Å². The molecule has 0 spiro atoms. The van der Waals surface area contributed by atoms with E-state index in [0.29, 0.717) is 11.3 Å². The number of ether oxygens (including phenoxy) is 2. The summed E-state index contributed by atoms with van der Waals surface area (Å²) >= 11 is 0. The van der Waals surface area contributed by atoms with E-state index in [1.54, 1.807) is 12.1 Å². The van der Waals surface area contributed by atoms with Crippen LogP contribution < -0.4 is 9.47 Å². The number of benzene rings is 2. The molecule has 0 N–H and O–H groups in total. The summed E-state index contributed by atoms with van der Waals surface area (Å²) < 4.78 is 24.1. The molecule has 2 aromatic carbocycles. The highest BCUT2D eigenvalue weighted by Crippen LogP contribution is 2.30. The molecule has 0 aromatic heterocycles. The molecule has 2 rings (SSSR count). The van der Waals surface area contributed by atoms with E-state index in [1.165, 1.54) is 20.3 Å². The zero-order chi connectivity index (χ0) is 14.7. The minimum atomic E-state index is -0.631. The van der Waals surface area contributed by atoms with Crippen LogP contribution in [0.3, 0.4) is 0 Å². The first-order valence-electron chi connectivity index (χ1n) is 6.09. The number of ketones is 1. The van der Waals surface area contributed by atoms with Crippen LogP contribution in [-0.2, 0) is 0 Å². The fourth-order valence-electron chi connectivity index (χ4n) is 1.89. The lowest BCUT2D eigenvalue weighted by molar-refractivity contribution is 0.103. The van der Waals surface area contributed by atoms with E-state index in [0.717, 1.165) is 11.6 Å². The number of hydrogen-bond donors (Lipinski definition) is 0. The molecule has 4 heteroatoms. The van der Waals surface area contributed by atoms with Crippen molar-refractivity contribution in [3.8, 4) is 11.5 Å². The van der Waals surface area contributed by atoms with Crippen molar-refractivity contribution in [1.82, 2.24) is 0 Å². The van der Waals surface area contributed by atoms with Crippen molar-refractivity contribution in [2.75, 3.05) is 14.2 Å². The molecule has 2 aromatic rings. The second-order valence-corrected chi connectivity index (χ2v) is 4.38. The lowest BCUT2D eigenvalue weighted by Crippen LogP contribution is -2.05. The van der Waals surface area contributed by atoms with Crippen LogP contribution in [0.4, 0.5) is 4.39 Å². The van der Waals surface area contributed by atoms with E-state index in [9.17, 15) is 9.18 Å². The zero-order valence-corrected chi connectivity index (χ0v) is 11.6. The standard InChI is InChI=1S/C16H15FO3/c1-10-4-6-11(7-5-10)16(18)12-8-14(19-2)15(20-3)9-13(12)17/h4-9H,1-3H3. The van der Waals surface area contributed by atoms with E-state index >= 15 is 0 Å². The van der Waals surface area contributed by atoms with Crippen molar-refractivity contribution in [2.24, 2.45) is 0 Å². The van der Waals surface area contributed by atoms with Gasteiger partial charge in [0.1, 0.15) is 5.82 Å². The summed E-state index contributed by atoms with van der Waals surface area (Å²) in [5, 5.41) is 0. The van der Waals surface area contributed by atoms with Crippen LogP contribution in [0.1, 0.15) is 21.5 Å². The average Bonchev–Trinajstić information content (AvgIpc) is 2.47. The topological polar surface area (TPSA) is 35.5 Å². The van der Waals surface area contributed by atoms with Crippen LogP contribution >= 0.6 is 0 Å². The van der Waals surface area contributed by atoms with Gasteiger partial charge < -0.3 is 9.47 Å². The van der Waals surface area contributed by atoms with Gasteiger partial charge in [0.15, 0.2) is 17.3 Å². The first-order chi connectivity index (χ1) is 9.56. The highest BCUT2D eigenvalue weighted by atomic mass is 19.1. The molecule has 104 valence electrons. The van der Waals surface area contributed by atoms with Gasteiger partial charge in [-0.25, -0.2) is 4.39 Å². The van der Waals surface area contributed by atoms with Crippen LogP contribution in [-0.4, -0.2) is 20.0 Å². The van der Waals surface area contributed by atoms with Crippen LogP contribution in [0.15, 0.2) is 36.4 Å². The monoisotopic (exact) mass is 274 g/mol. The number of methoxy groups -OCH3 is 2. The maximum absolute atomic E-state index is 14.0. The zero-order valence-electron chi connectivity index (χ0n) is 11.6. The van der Waals surface area contributed by atoms with Crippen molar-refractivity contribution in [1.29, 1.82) is 0 Å². The van der Waals surface area contributed by atoms with Gasteiger partial charge >= 0.3 is 0 Å². The molecular formula is C16H15FO3. The third kappa shape index (κ3) is 2.64. The second kappa shape index (κ2) is 5.74. The normalized spacial score (nSPS) is 10.2. The molecule has 0 atom stereocenters. The number of carbonyl (C=O) groups is 1. The van der Waals surface area contributed by atoms with Gasteiger partial charge in [-0.1, -0.05) is 29.8 Å². The summed E-state index contributed by atoms with van der Waals surface area (Å²) in [4.78, 5) is 12.3. The van der Waals surface area contributed by atoms with E-state index in [4.69, 9.17) is 9.47 Å². The Hall–Kier alpha value is -2.36. The minimum Gasteiger partial charge on any atom is -0.493 e. The lowest BCUT2D eigenvalue weighted by Gasteiger charge is -2.10. The van der Waals surface area contributed by atoms with Crippen molar-refractivity contribution >= 4 is 5.78 Å². The third-order valence-corrected chi connectivity index (χ3v) is 3.03. The van der Waals surface area contributed by atoms with Gasteiger partial charge in [0.05, 0.1) is 19.8 Å². The molecule has 0 radical (unpaired) electrons. The van der Waals surface area contributed by atoms with Gasteiger partial charge in [-0.15, -0.1) is 0 Å². The summed E-state index contributed by atoms with van der Waals surface area (Å²) in [6.45, 7) is 1.92.